The minimum absolute atomic E-state index is 0.0641. The molecular formula is C16H18N3OS+. The second-order valence-corrected chi connectivity index (χ2v) is 6.12. The second-order valence-electron chi connectivity index (χ2n) is 5.34. The van der Waals surface area contributed by atoms with E-state index in [4.69, 9.17) is 0 Å². The van der Waals surface area contributed by atoms with Crippen LogP contribution in [0.15, 0.2) is 45.9 Å². The molecule has 2 N–H and O–H groups in total. The first kappa shape index (κ1) is 14.0. The quantitative estimate of drug-likeness (QED) is 0.771. The Morgan fingerprint density at radius 2 is 2.14 bits per heavy atom. The highest BCUT2D eigenvalue weighted by atomic mass is 32.1. The van der Waals surface area contributed by atoms with Gasteiger partial charge >= 0.3 is 0 Å². The Hall–Kier alpha value is -1.98. The van der Waals surface area contributed by atoms with E-state index in [0.29, 0.717) is 5.39 Å². The van der Waals surface area contributed by atoms with Gasteiger partial charge in [0.25, 0.3) is 5.56 Å². The molecule has 2 aromatic heterocycles. The Labute approximate surface area is 127 Å². The van der Waals surface area contributed by atoms with E-state index in [1.807, 2.05) is 18.2 Å². The standard InChI is InChI=1S/C16H17N3OS/c1-11(19(2)9-12-7-8-21-10-12)15-17-14-6-4-3-5-13(14)16(20)18-15/h3-8,10-11H,9H2,1-2H3,(H,17,18,20)/p+1/t11-/m1/s1. The Kier molecular flexibility index (Phi) is 3.86. The molecule has 2 atom stereocenters. The van der Waals surface area contributed by atoms with E-state index in [2.05, 4.69) is 40.8 Å². The van der Waals surface area contributed by atoms with Crippen molar-refractivity contribution in [2.24, 2.45) is 0 Å². The van der Waals surface area contributed by atoms with Crippen molar-refractivity contribution in [3.05, 3.63) is 62.8 Å². The van der Waals surface area contributed by atoms with Gasteiger partial charge in [-0.3, -0.25) is 4.79 Å². The lowest BCUT2D eigenvalue weighted by molar-refractivity contribution is -0.924. The fraction of sp³-hybridized carbons (Fsp3) is 0.250. The molecule has 0 saturated carbocycles. The van der Waals surface area contributed by atoms with Crippen LogP contribution in [-0.2, 0) is 6.54 Å². The number of para-hydroxylation sites is 1. The Morgan fingerprint density at radius 3 is 2.90 bits per heavy atom. The number of quaternary nitrogens is 1. The summed E-state index contributed by atoms with van der Waals surface area (Å²) in [5.74, 6) is 0.742. The number of benzene rings is 1. The maximum Gasteiger partial charge on any atom is 0.258 e. The summed E-state index contributed by atoms with van der Waals surface area (Å²) in [5, 5.41) is 4.89. The summed E-state index contributed by atoms with van der Waals surface area (Å²) in [6.45, 7) is 3.01. The van der Waals surface area contributed by atoms with Gasteiger partial charge in [-0.15, -0.1) is 0 Å². The zero-order valence-electron chi connectivity index (χ0n) is 12.1. The Balaban J connectivity index is 1.90. The van der Waals surface area contributed by atoms with Gasteiger partial charge < -0.3 is 9.88 Å². The summed E-state index contributed by atoms with van der Waals surface area (Å²) in [6, 6.07) is 9.72. The van der Waals surface area contributed by atoms with E-state index >= 15 is 0 Å². The van der Waals surface area contributed by atoms with Crippen molar-refractivity contribution in [1.82, 2.24) is 9.97 Å². The molecule has 3 aromatic rings. The van der Waals surface area contributed by atoms with E-state index in [9.17, 15) is 4.79 Å². The number of hydrogen-bond donors (Lipinski definition) is 2. The maximum atomic E-state index is 12.1. The minimum Gasteiger partial charge on any atom is -0.325 e. The van der Waals surface area contributed by atoms with Gasteiger partial charge in [-0.25, -0.2) is 4.98 Å². The van der Waals surface area contributed by atoms with Crippen LogP contribution in [0.4, 0.5) is 0 Å². The first-order valence-corrected chi connectivity index (χ1v) is 7.92. The smallest absolute Gasteiger partial charge is 0.258 e. The normalized spacial score (nSPS) is 14.2. The molecule has 0 spiro atoms. The van der Waals surface area contributed by atoms with E-state index in [1.165, 1.54) is 10.5 Å². The van der Waals surface area contributed by atoms with Crippen LogP contribution in [0.5, 0.6) is 0 Å². The molecule has 3 rings (SSSR count). The van der Waals surface area contributed by atoms with Crippen LogP contribution in [-0.4, -0.2) is 17.0 Å². The summed E-state index contributed by atoms with van der Waals surface area (Å²) in [6.07, 6.45) is 0. The van der Waals surface area contributed by atoms with Crippen LogP contribution >= 0.6 is 11.3 Å². The molecule has 0 aliphatic heterocycles. The number of hydrogen-bond acceptors (Lipinski definition) is 3. The first-order valence-electron chi connectivity index (χ1n) is 6.97. The fourth-order valence-corrected chi connectivity index (χ4v) is 3.08. The molecule has 0 fully saturated rings. The average molecular weight is 300 g/mol. The molecule has 1 aromatic carbocycles. The van der Waals surface area contributed by atoms with Crippen molar-refractivity contribution < 1.29 is 4.90 Å². The van der Waals surface area contributed by atoms with Crippen molar-refractivity contribution in [2.45, 2.75) is 19.5 Å². The topological polar surface area (TPSA) is 50.2 Å². The highest BCUT2D eigenvalue weighted by molar-refractivity contribution is 7.07. The highest BCUT2D eigenvalue weighted by Gasteiger charge is 2.19. The van der Waals surface area contributed by atoms with E-state index < -0.39 is 0 Å². The van der Waals surface area contributed by atoms with Crippen molar-refractivity contribution in [2.75, 3.05) is 7.05 Å². The van der Waals surface area contributed by atoms with Gasteiger partial charge in [-0.1, -0.05) is 12.1 Å². The zero-order valence-corrected chi connectivity index (χ0v) is 12.9. The van der Waals surface area contributed by atoms with Gasteiger partial charge in [0, 0.05) is 5.56 Å². The molecule has 5 heteroatoms. The summed E-state index contributed by atoms with van der Waals surface area (Å²) in [5.41, 5.74) is 2.00. The molecular weight excluding hydrogens is 282 g/mol. The number of rotatable bonds is 4. The van der Waals surface area contributed by atoms with Gasteiger partial charge in [-0.05, 0) is 35.9 Å². The third kappa shape index (κ3) is 2.89. The third-order valence-electron chi connectivity index (χ3n) is 3.84. The van der Waals surface area contributed by atoms with Crippen molar-refractivity contribution in [3.8, 4) is 0 Å². The maximum absolute atomic E-state index is 12.1. The number of H-pyrrole nitrogens is 1. The average Bonchev–Trinajstić information content (AvgIpc) is 2.99. The fourth-order valence-electron chi connectivity index (χ4n) is 2.41. The Morgan fingerprint density at radius 1 is 1.33 bits per heavy atom. The molecule has 1 unspecified atom stereocenters. The summed E-state index contributed by atoms with van der Waals surface area (Å²) >= 11 is 1.71. The second kappa shape index (κ2) is 5.79. The van der Waals surface area contributed by atoms with E-state index in [0.717, 1.165) is 17.9 Å². The first-order chi connectivity index (χ1) is 10.1. The Bertz CT molecular complexity index is 795. The molecule has 21 heavy (non-hydrogen) atoms. The zero-order chi connectivity index (χ0) is 14.8. The van der Waals surface area contributed by atoms with Crippen LogP contribution in [0.3, 0.4) is 0 Å². The predicted octanol–water partition coefficient (Wildman–Crippen LogP) is 1.76. The minimum atomic E-state index is -0.0641. The largest absolute Gasteiger partial charge is 0.325 e. The molecule has 0 amide bonds. The molecule has 2 heterocycles. The van der Waals surface area contributed by atoms with Gasteiger partial charge in [0.15, 0.2) is 5.82 Å². The molecule has 0 saturated heterocycles. The summed E-state index contributed by atoms with van der Waals surface area (Å²) in [4.78, 5) is 21.0. The number of aromatic nitrogens is 2. The number of fused-ring (bicyclic) bond motifs is 1. The number of thiophene rings is 1. The van der Waals surface area contributed by atoms with Crippen molar-refractivity contribution in [1.29, 1.82) is 0 Å². The van der Waals surface area contributed by atoms with Crippen LogP contribution in [0.25, 0.3) is 10.9 Å². The van der Waals surface area contributed by atoms with Gasteiger partial charge in [0.2, 0.25) is 0 Å². The molecule has 0 aliphatic rings. The molecule has 0 bridgehead atoms. The lowest BCUT2D eigenvalue weighted by Crippen LogP contribution is -3.07. The summed E-state index contributed by atoms with van der Waals surface area (Å²) in [7, 11) is 2.12. The van der Waals surface area contributed by atoms with Crippen molar-refractivity contribution >= 4 is 22.2 Å². The molecule has 108 valence electrons. The monoisotopic (exact) mass is 300 g/mol. The third-order valence-corrected chi connectivity index (χ3v) is 4.58. The number of aromatic amines is 1. The predicted molar refractivity (Wildman–Crippen MR) is 85.7 cm³/mol. The van der Waals surface area contributed by atoms with Crippen LogP contribution in [0.2, 0.25) is 0 Å². The van der Waals surface area contributed by atoms with E-state index in [-0.39, 0.29) is 11.6 Å². The number of nitrogens with zero attached hydrogens (tertiary/aromatic N) is 1. The van der Waals surface area contributed by atoms with Crippen LogP contribution in [0, 0.1) is 0 Å². The molecule has 4 nitrogen and oxygen atoms in total. The summed E-state index contributed by atoms with van der Waals surface area (Å²) < 4.78 is 0. The van der Waals surface area contributed by atoms with Gasteiger partial charge in [0.1, 0.15) is 12.6 Å². The molecule has 0 aliphatic carbocycles. The highest BCUT2D eigenvalue weighted by Crippen LogP contribution is 2.10. The lowest BCUT2D eigenvalue weighted by Gasteiger charge is -2.20. The van der Waals surface area contributed by atoms with Crippen LogP contribution in [0.1, 0.15) is 24.4 Å². The number of nitrogens with one attached hydrogen (secondary N) is 2. The molecule has 0 radical (unpaired) electrons. The van der Waals surface area contributed by atoms with Gasteiger partial charge in [-0.2, -0.15) is 11.3 Å². The lowest BCUT2D eigenvalue weighted by atomic mass is 10.2. The van der Waals surface area contributed by atoms with E-state index in [1.54, 1.807) is 17.4 Å². The van der Waals surface area contributed by atoms with Crippen LogP contribution < -0.4 is 10.5 Å². The van der Waals surface area contributed by atoms with Gasteiger partial charge in [0.05, 0.1) is 18.0 Å². The van der Waals surface area contributed by atoms with Crippen molar-refractivity contribution in [3.63, 3.8) is 0 Å². The SMILES string of the molecule is C[C@H](c1nc2ccccc2c(=O)[nH]1)[NH+](C)Cc1ccsc1.